The fourth-order valence-electron chi connectivity index (χ4n) is 7.14. The molecule has 1 aromatic rings. The summed E-state index contributed by atoms with van der Waals surface area (Å²) < 4.78 is 0. The van der Waals surface area contributed by atoms with E-state index >= 15 is 0 Å². The monoisotopic (exact) mass is 423 g/mol. The van der Waals surface area contributed by atoms with Crippen LogP contribution in [0.3, 0.4) is 0 Å². The van der Waals surface area contributed by atoms with Crippen LogP contribution in [0.5, 0.6) is 0 Å². The van der Waals surface area contributed by atoms with Gasteiger partial charge in [-0.3, -0.25) is 14.4 Å². The number of amides is 3. The molecule has 4 aliphatic carbocycles. The van der Waals surface area contributed by atoms with Crippen molar-refractivity contribution in [2.45, 2.75) is 57.4 Å². The Kier molecular flexibility index (Phi) is 5.06. The lowest BCUT2D eigenvalue weighted by Crippen LogP contribution is -2.56. The third kappa shape index (κ3) is 3.64. The number of likely N-dealkylation sites (tertiary alicyclic amines) is 1. The fraction of sp³-hybridized carbons (Fsp3) is 0.640. The molecule has 1 aliphatic heterocycles. The second-order valence-electron chi connectivity index (χ2n) is 10.6. The summed E-state index contributed by atoms with van der Waals surface area (Å²) in [5, 5.41) is 2.98. The smallest absolute Gasteiger partial charge is 0.253 e. The van der Waals surface area contributed by atoms with E-state index in [1.165, 1.54) is 24.2 Å². The molecular formula is C25H33N3O3. The molecule has 4 saturated carbocycles. The van der Waals surface area contributed by atoms with E-state index < -0.39 is 0 Å². The lowest BCUT2D eigenvalue weighted by Gasteiger charge is -2.56. The van der Waals surface area contributed by atoms with Crippen molar-refractivity contribution in [1.82, 2.24) is 9.80 Å². The van der Waals surface area contributed by atoms with Crippen molar-refractivity contribution in [3.8, 4) is 0 Å². The van der Waals surface area contributed by atoms with E-state index in [0.29, 0.717) is 35.5 Å². The summed E-state index contributed by atoms with van der Waals surface area (Å²) in [4.78, 5) is 42.3. The Hall–Kier alpha value is -2.37. The molecular weight excluding hydrogens is 390 g/mol. The van der Waals surface area contributed by atoms with Crippen LogP contribution in [-0.2, 0) is 9.59 Å². The van der Waals surface area contributed by atoms with Crippen LogP contribution in [0.15, 0.2) is 24.3 Å². The van der Waals surface area contributed by atoms with E-state index in [9.17, 15) is 14.4 Å². The number of nitrogens with one attached hydrogen (secondary N) is 1. The molecule has 0 radical (unpaired) electrons. The van der Waals surface area contributed by atoms with Gasteiger partial charge in [-0.25, -0.2) is 0 Å². The van der Waals surface area contributed by atoms with Gasteiger partial charge in [-0.15, -0.1) is 0 Å². The first kappa shape index (κ1) is 20.5. The Morgan fingerprint density at radius 3 is 2.10 bits per heavy atom. The summed E-state index contributed by atoms with van der Waals surface area (Å²) in [6, 6.07) is 6.59. The third-order valence-electron chi connectivity index (χ3n) is 8.11. The number of anilines is 1. The highest BCUT2D eigenvalue weighted by Gasteiger charge is 2.56. The molecule has 6 rings (SSSR count). The summed E-state index contributed by atoms with van der Waals surface area (Å²) in [5.74, 6) is 2.22. The van der Waals surface area contributed by atoms with Gasteiger partial charge in [0, 0.05) is 31.9 Å². The Labute approximate surface area is 184 Å². The summed E-state index contributed by atoms with van der Waals surface area (Å²) in [6.07, 6.45) is 8.63. The van der Waals surface area contributed by atoms with E-state index in [1.54, 1.807) is 38.4 Å². The van der Waals surface area contributed by atoms with Crippen LogP contribution in [0.25, 0.3) is 0 Å². The van der Waals surface area contributed by atoms with Gasteiger partial charge < -0.3 is 15.1 Å². The highest BCUT2D eigenvalue weighted by molar-refractivity contribution is 5.99. The summed E-state index contributed by atoms with van der Waals surface area (Å²) in [7, 11) is 3.43. The molecule has 1 saturated heterocycles. The van der Waals surface area contributed by atoms with Crippen LogP contribution in [0.2, 0.25) is 0 Å². The maximum atomic E-state index is 13.8. The van der Waals surface area contributed by atoms with Crippen LogP contribution in [-0.4, -0.2) is 54.2 Å². The van der Waals surface area contributed by atoms with Crippen molar-refractivity contribution >= 4 is 23.4 Å². The number of nitrogens with zero attached hydrogens (tertiary/aromatic N) is 2. The number of hydrogen-bond donors (Lipinski definition) is 1. The minimum atomic E-state index is -0.386. The van der Waals surface area contributed by atoms with Crippen molar-refractivity contribution in [1.29, 1.82) is 0 Å². The first-order valence-electron chi connectivity index (χ1n) is 11.8. The molecule has 0 aromatic heterocycles. The van der Waals surface area contributed by atoms with Crippen LogP contribution in [0, 0.1) is 23.2 Å². The van der Waals surface area contributed by atoms with Gasteiger partial charge in [-0.2, -0.15) is 0 Å². The first-order valence-corrected chi connectivity index (χ1v) is 11.8. The fourth-order valence-corrected chi connectivity index (χ4v) is 7.14. The lowest BCUT2D eigenvalue weighted by molar-refractivity contribution is -0.160. The molecule has 1 unspecified atom stereocenters. The third-order valence-corrected chi connectivity index (χ3v) is 8.11. The van der Waals surface area contributed by atoms with Gasteiger partial charge in [0.15, 0.2) is 0 Å². The predicted octanol–water partition coefficient (Wildman–Crippen LogP) is 3.53. The summed E-state index contributed by atoms with van der Waals surface area (Å²) >= 11 is 0. The van der Waals surface area contributed by atoms with Crippen LogP contribution in [0.1, 0.15) is 61.7 Å². The number of rotatable bonds is 4. The maximum absolute atomic E-state index is 13.8. The van der Waals surface area contributed by atoms with Crippen molar-refractivity contribution in [3.05, 3.63) is 29.8 Å². The zero-order valence-corrected chi connectivity index (χ0v) is 18.6. The second kappa shape index (κ2) is 7.64. The van der Waals surface area contributed by atoms with E-state index in [2.05, 4.69) is 5.32 Å². The minimum absolute atomic E-state index is 0.0685. The molecule has 1 heterocycles. The lowest BCUT2D eigenvalue weighted by atomic mass is 9.49. The van der Waals surface area contributed by atoms with Gasteiger partial charge in [0.05, 0.1) is 5.41 Å². The molecule has 3 amide bonds. The molecule has 1 N–H and O–H groups in total. The van der Waals surface area contributed by atoms with Gasteiger partial charge >= 0.3 is 0 Å². The van der Waals surface area contributed by atoms with Crippen molar-refractivity contribution < 1.29 is 14.4 Å². The Morgan fingerprint density at radius 1 is 0.968 bits per heavy atom. The molecule has 1 atom stereocenters. The van der Waals surface area contributed by atoms with Crippen LogP contribution in [0.4, 0.5) is 5.69 Å². The molecule has 166 valence electrons. The van der Waals surface area contributed by atoms with E-state index in [4.69, 9.17) is 0 Å². The molecule has 0 spiro atoms. The maximum Gasteiger partial charge on any atom is 0.253 e. The van der Waals surface area contributed by atoms with E-state index in [0.717, 1.165) is 32.1 Å². The first-order chi connectivity index (χ1) is 14.8. The largest absolute Gasteiger partial charge is 0.345 e. The summed E-state index contributed by atoms with van der Waals surface area (Å²) in [5.41, 5.74) is 1.04. The molecule has 1 aromatic carbocycles. The minimum Gasteiger partial charge on any atom is -0.345 e. The van der Waals surface area contributed by atoms with Gasteiger partial charge in [0.25, 0.3) is 5.91 Å². The van der Waals surface area contributed by atoms with Crippen molar-refractivity contribution in [3.63, 3.8) is 0 Å². The molecule has 5 aliphatic rings. The van der Waals surface area contributed by atoms with Crippen LogP contribution >= 0.6 is 0 Å². The average molecular weight is 424 g/mol. The topological polar surface area (TPSA) is 69.7 Å². The molecule has 6 nitrogen and oxygen atoms in total. The predicted molar refractivity (Wildman–Crippen MR) is 118 cm³/mol. The Bertz CT molecular complexity index is 856. The summed E-state index contributed by atoms with van der Waals surface area (Å²) in [6.45, 7) is 0.689. The van der Waals surface area contributed by atoms with Gasteiger partial charge in [-0.1, -0.05) is 0 Å². The van der Waals surface area contributed by atoms with Gasteiger partial charge in [-0.05, 0) is 93.4 Å². The quantitative estimate of drug-likeness (QED) is 0.805. The number of carbonyl (C=O) groups excluding carboxylic acids is 3. The SMILES string of the molecule is CN(C)C(=O)c1ccc(NC(=O)C2CCCN2C(=O)C23CC4CC(CC(C4)C2)C3)cc1. The van der Waals surface area contributed by atoms with E-state index in [1.807, 2.05) is 4.90 Å². The number of carbonyl (C=O) groups is 3. The molecule has 5 fully saturated rings. The van der Waals surface area contributed by atoms with Crippen LogP contribution < -0.4 is 5.32 Å². The highest BCUT2D eigenvalue weighted by Crippen LogP contribution is 2.60. The standard InChI is InChI=1S/C25H33N3O3/c1-27(2)23(30)19-5-7-20(8-6-19)26-22(29)21-4-3-9-28(21)24(31)25-13-16-10-17(14-25)12-18(11-16)15-25/h5-8,16-18,21H,3-4,9-15H2,1-2H3,(H,26,29). The zero-order chi connectivity index (χ0) is 21.8. The number of benzene rings is 1. The molecule has 6 heteroatoms. The Balaban J connectivity index is 1.27. The zero-order valence-electron chi connectivity index (χ0n) is 18.6. The average Bonchev–Trinajstić information content (AvgIpc) is 3.22. The molecule has 4 bridgehead atoms. The van der Waals surface area contributed by atoms with Gasteiger partial charge in [0.1, 0.15) is 6.04 Å². The second-order valence-corrected chi connectivity index (χ2v) is 10.6. The normalized spacial score (nSPS) is 33.4. The van der Waals surface area contributed by atoms with Crippen molar-refractivity contribution in [2.75, 3.05) is 26.0 Å². The highest BCUT2D eigenvalue weighted by atomic mass is 16.2. The van der Waals surface area contributed by atoms with Crippen molar-refractivity contribution in [2.24, 2.45) is 23.2 Å². The van der Waals surface area contributed by atoms with Gasteiger partial charge in [0.2, 0.25) is 11.8 Å². The molecule has 31 heavy (non-hydrogen) atoms. The number of hydrogen-bond acceptors (Lipinski definition) is 3. The Morgan fingerprint density at radius 2 is 1.55 bits per heavy atom. The van der Waals surface area contributed by atoms with E-state index in [-0.39, 0.29) is 29.2 Å².